The second-order valence-corrected chi connectivity index (χ2v) is 2.97. The fourth-order valence-corrected chi connectivity index (χ4v) is 1.23. The van der Waals surface area contributed by atoms with Crippen LogP contribution in [0.15, 0.2) is 37.0 Å². The van der Waals surface area contributed by atoms with Gasteiger partial charge in [0, 0.05) is 6.04 Å². The van der Waals surface area contributed by atoms with E-state index in [1.807, 2.05) is 26.8 Å². The first-order chi connectivity index (χ1) is 6.74. The predicted octanol–water partition coefficient (Wildman–Crippen LogP) is 3.83. The third-order valence-corrected chi connectivity index (χ3v) is 1.71. The lowest BCUT2D eigenvalue weighted by Crippen LogP contribution is -2.13. The maximum Gasteiger partial charge on any atom is 0.00792 e. The molecular weight excluding hydrogens is 170 g/mol. The third-order valence-electron chi connectivity index (χ3n) is 1.71. The Labute approximate surface area is 89.4 Å². The molecule has 0 aliphatic heterocycles. The summed E-state index contributed by atoms with van der Waals surface area (Å²) in [7, 11) is 0. The molecule has 1 saturated carbocycles. The Hall–Kier alpha value is -0.820. The molecule has 1 unspecified atom stereocenters. The molecule has 1 atom stereocenters. The van der Waals surface area contributed by atoms with Gasteiger partial charge in [-0.3, -0.25) is 0 Å². The van der Waals surface area contributed by atoms with Crippen molar-refractivity contribution in [2.75, 3.05) is 0 Å². The third kappa shape index (κ3) is 9.27. The Kier molecular flexibility index (Phi) is 13.6. The zero-order valence-electron chi connectivity index (χ0n) is 9.92. The monoisotopic (exact) mass is 195 g/mol. The summed E-state index contributed by atoms with van der Waals surface area (Å²) >= 11 is 0. The zero-order chi connectivity index (χ0) is 11.4. The highest BCUT2D eigenvalue weighted by Crippen LogP contribution is 2.22. The molecule has 0 spiro atoms. The van der Waals surface area contributed by atoms with Crippen molar-refractivity contribution in [1.82, 2.24) is 0 Å². The Balaban J connectivity index is 0. The van der Waals surface area contributed by atoms with Gasteiger partial charge in [0.1, 0.15) is 0 Å². The van der Waals surface area contributed by atoms with Crippen LogP contribution in [0.4, 0.5) is 0 Å². The molecule has 0 radical (unpaired) electrons. The van der Waals surface area contributed by atoms with Crippen LogP contribution < -0.4 is 5.73 Å². The van der Waals surface area contributed by atoms with Crippen molar-refractivity contribution in [3.8, 4) is 0 Å². The lowest BCUT2D eigenvalue weighted by molar-refractivity contribution is 0.711. The van der Waals surface area contributed by atoms with Gasteiger partial charge < -0.3 is 5.73 Å². The van der Waals surface area contributed by atoms with Gasteiger partial charge in [-0.05, 0) is 26.2 Å². The van der Waals surface area contributed by atoms with Crippen molar-refractivity contribution in [1.29, 1.82) is 0 Å². The highest BCUT2D eigenvalue weighted by molar-refractivity contribution is 5.15. The van der Waals surface area contributed by atoms with E-state index in [4.69, 9.17) is 5.73 Å². The van der Waals surface area contributed by atoms with Gasteiger partial charge in [0.25, 0.3) is 0 Å². The van der Waals surface area contributed by atoms with Crippen LogP contribution in [0.2, 0.25) is 0 Å². The highest BCUT2D eigenvalue weighted by Gasteiger charge is 2.13. The largest absolute Gasteiger partial charge is 0.327 e. The van der Waals surface area contributed by atoms with E-state index >= 15 is 0 Å². The van der Waals surface area contributed by atoms with Crippen LogP contribution in [0.25, 0.3) is 0 Å². The van der Waals surface area contributed by atoms with Crippen molar-refractivity contribution in [2.24, 2.45) is 5.73 Å². The smallest absolute Gasteiger partial charge is 0.00792 e. The van der Waals surface area contributed by atoms with E-state index in [0.29, 0.717) is 6.04 Å². The van der Waals surface area contributed by atoms with E-state index in [0.717, 1.165) is 12.8 Å². The topological polar surface area (TPSA) is 26.0 Å². The van der Waals surface area contributed by atoms with Crippen LogP contribution in [-0.4, -0.2) is 6.04 Å². The average molecular weight is 195 g/mol. The van der Waals surface area contributed by atoms with E-state index in [-0.39, 0.29) is 0 Å². The predicted molar refractivity (Wildman–Crippen MR) is 67.3 cm³/mol. The number of rotatable bonds is 1. The fraction of sp³-hybridized carbons (Fsp3) is 0.538. The van der Waals surface area contributed by atoms with Crippen LogP contribution in [0.5, 0.6) is 0 Å². The van der Waals surface area contributed by atoms with E-state index in [1.54, 1.807) is 6.08 Å². The Bertz CT molecular complexity index is 168. The average Bonchev–Trinajstić information content (AvgIpc) is 2.57. The summed E-state index contributed by atoms with van der Waals surface area (Å²) in [5.41, 5.74) is 7.14. The molecule has 2 N–H and O–H groups in total. The fourth-order valence-electron chi connectivity index (χ4n) is 1.23. The quantitative estimate of drug-likeness (QED) is 0.632. The van der Waals surface area contributed by atoms with Crippen LogP contribution in [-0.2, 0) is 0 Å². The molecule has 0 bridgehead atoms. The minimum Gasteiger partial charge on any atom is -0.327 e. The second-order valence-electron chi connectivity index (χ2n) is 2.97. The molecule has 0 saturated heterocycles. The highest BCUT2D eigenvalue weighted by atomic mass is 14.6. The van der Waals surface area contributed by atoms with Crippen molar-refractivity contribution in [3.05, 3.63) is 37.0 Å². The van der Waals surface area contributed by atoms with Crippen molar-refractivity contribution < 1.29 is 0 Å². The number of allylic oxidation sites excluding steroid dienone is 3. The molecule has 0 aromatic rings. The molecule has 1 aliphatic rings. The molecule has 1 heteroatoms. The summed E-state index contributed by atoms with van der Waals surface area (Å²) in [5.74, 6) is 0. The van der Waals surface area contributed by atoms with Crippen molar-refractivity contribution in [2.45, 2.75) is 46.1 Å². The first-order valence-electron chi connectivity index (χ1n) is 5.37. The Morgan fingerprint density at radius 1 is 1.36 bits per heavy atom. The molecule has 0 heterocycles. The van der Waals surface area contributed by atoms with Crippen LogP contribution in [0, 0.1) is 0 Å². The molecule has 1 fully saturated rings. The van der Waals surface area contributed by atoms with Crippen molar-refractivity contribution >= 4 is 0 Å². The van der Waals surface area contributed by atoms with E-state index in [1.165, 1.54) is 12.0 Å². The molecule has 1 aliphatic carbocycles. The number of hydrogen-bond donors (Lipinski definition) is 1. The maximum atomic E-state index is 5.68. The van der Waals surface area contributed by atoms with Gasteiger partial charge in [-0.2, -0.15) is 0 Å². The number of nitrogens with two attached hydrogens (primary N) is 1. The van der Waals surface area contributed by atoms with Gasteiger partial charge in [0.2, 0.25) is 0 Å². The molecule has 1 nitrogen and oxygen atoms in total. The molecule has 0 aromatic carbocycles. The van der Waals surface area contributed by atoms with Crippen LogP contribution in [0.3, 0.4) is 0 Å². The van der Waals surface area contributed by atoms with E-state index in [2.05, 4.69) is 19.2 Å². The minimum atomic E-state index is 0.413. The normalized spacial score (nSPS) is 21.4. The van der Waals surface area contributed by atoms with Gasteiger partial charge in [0.05, 0.1) is 0 Å². The Morgan fingerprint density at radius 2 is 1.86 bits per heavy atom. The lowest BCUT2D eigenvalue weighted by Gasteiger charge is -1.94. The van der Waals surface area contributed by atoms with E-state index in [9.17, 15) is 0 Å². The SMILES string of the molecule is C=C/C=C1\CCC(N)C1.C=CC.CC. The molecular formula is C13H25N. The summed E-state index contributed by atoms with van der Waals surface area (Å²) in [4.78, 5) is 0. The first-order valence-corrected chi connectivity index (χ1v) is 5.37. The van der Waals surface area contributed by atoms with Crippen molar-refractivity contribution in [3.63, 3.8) is 0 Å². The second kappa shape index (κ2) is 12.2. The van der Waals surface area contributed by atoms with Gasteiger partial charge >= 0.3 is 0 Å². The minimum absolute atomic E-state index is 0.413. The van der Waals surface area contributed by atoms with Gasteiger partial charge in [-0.1, -0.05) is 44.2 Å². The summed E-state index contributed by atoms with van der Waals surface area (Å²) in [6, 6.07) is 0.413. The molecule has 1 rings (SSSR count). The molecule has 0 amide bonds. The molecule has 82 valence electrons. The maximum absolute atomic E-state index is 5.68. The zero-order valence-corrected chi connectivity index (χ0v) is 9.92. The summed E-state index contributed by atoms with van der Waals surface area (Å²) in [6.45, 7) is 12.9. The summed E-state index contributed by atoms with van der Waals surface area (Å²) in [6.07, 6.45) is 9.07. The van der Waals surface area contributed by atoms with Crippen LogP contribution >= 0.6 is 0 Å². The van der Waals surface area contributed by atoms with Gasteiger partial charge in [-0.15, -0.1) is 6.58 Å². The summed E-state index contributed by atoms with van der Waals surface area (Å²) < 4.78 is 0. The lowest BCUT2D eigenvalue weighted by atomic mass is 10.2. The standard InChI is InChI=1S/C8H13N.C3H6.C2H6/c1-2-3-7-4-5-8(9)6-7;1-3-2;1-2/h2-3,8H,1,4-6,9H2;3H,1H2,2H3;1-2H3/b7-3+;;. The first kappa shape index (κ1) is 15.6. The van der Waals surface area contributed by atoms with Gasteiger partial charge in [-0.25, -0.2) is 0 Å². The Morgan fingerprint density at radius 3 is 2.14 bits per heavy atom. The molecule has 0 aromatic heterocycles. The van der Waals surface area contributed by atoms with Crippen LogP contribution in [0.1, 0.15) is 40.0 Å². The summed E-state index contributed by atoms with van der Waals surface area (Å²) in [5, 5.41) is 0. The number of hydrogen-bond acceptors (Lipinski definition) is 1. The molecule has 14 heavy (non-hydrogen) atoms. The van der Waals surface area contributed by atoms with Gasteiger partial charge in [0.15, 0.2) is 0 Å². The van der Waals surface area contributed by atoms with E-state index < -0.39 is 0 Å².